The van der Waals surface area contributed by atoms with Crippen molar-refractivity contribution in [1.82, 2.24) is 9.97 Å². The highest BCUT2D eigenvalue weighted by Gasteiger charge is 2.43. The van der Waals surface area contributed by atoms with E-state index in [0.29, 0.717) is 16.7 Å². The number of anilines is 2. The number of esters is 1. The molecule has 2 aromatic heterocycles. The lowest BCUT2D eigenvalue weighted by atomic mass is 9.77. The van der Waals surface area contributed by atoms with Crippen LogP contribution in [0.3, 0.4) is 0 Å². The van der Waals surface area contributed by atoms with Gasteiger partial charge < -0.3 is 19.7 Å². The van der Waals surface area contributed by atoms with Gasteiger partial charge in [-0.15, -0.1) is 0 Å². The highest BCUT2D eigenvalue weighted by molar-refractivity contribution is 7.17. The minimum atomic E-state index is -0.325. The van der Waals surface area contributed by atoms with E-state index in [1.54, 1.807) is 19.5 Å². The molecule has 3 heterocycles. The Bertz CT molecular complexity index is 784. The molecule has 2 aliphatic rings. The molecule has 0 radical (unpaired) electrons. The molecule has 4 rings (SSSR count). The summed E-state index contributed by atoms with van der Waals surface area (Å²) in [6, 6.07) is 6.14. The highest BCUT2D eigenvalue weighted by Crippen LogP contribution is 2.40. The normalized spacial score (nSPS) is 27.3. The summed E-state index contributed by atoms with van der Waals surface area (Å²) in [6.45, 7) is 1.91. The maximum absolute atomic E-state index is 11.7. The molecule has 0 unspecified atom stereocenters. The number of aromatic nitrogens is 2. The van der Waals surface area contributed by atoms with Crippen molar-refractivity contribution in [2.45, 2.75) is 25.0 Å². The zero-order valence-corrected chi connectivity index (χ0v) is 16.3. The molecule has 8 heteroatoms. The predicted molar refractivity (Wildman–Crippen MR) is 104 cm³/mol. The minimum absolute atomic E-state index is 0.162. The Morgan fingerprint density at radius 1 is 1.22 bits per heavy atom. The van der Waals surface area contributed by atoms with Gasteiger partial charge in [0, 0.05) is 26.4 Å². The zero-order chi connectivity index (χ0) is 18.8. The van der Waals surface area contributed by atoms with Gasteiger partial charge in [0.05, 0.1) is 25.5 Å². The number of pyridine rings is 1. The molecule has 0 bridgehead atoms. The molecular weight excluding hydrogens is 364 g/mol. The van der Waals surface area contributed by atoms with Crippen LogP contribution in [-0.2, 0) is 9.47 Å². The van der Waals surface area contributed by atoms with Crippen molar-refractivity contribution in [2.75, 3.05) is 37.5 Å². The van der Waals surface area contributed by atoms with Crippen molar-refractivity contribution in [3.8, 4) is 0 Å². The molecule has 27 heavy (non-hydrogen) atoms. The average molecular weight is 388 g/mol. The van der Waals surface area contributed by atoms with E-state index in [4.69, 9.17) is 9.47 Å². The summed E-state index contributed by atoms with van der Waals surface area (Å²) in [5, 5.41) is 4.44. The van der Waals surface area contributed by atoms with E-state index in [1.165, 1.54) is 18.4 Å². The van der Waals surface area contributed by atoms with Gasteiger partial charge in [-0.05, 0) is 36.8 Å². The SMILES string of the molecule is COC(=O)c1cnc(N2C[C@H]3C[C@@H](Nc4ccccn4)[C@H](OC)C[C@H]3C2)s1. The molecule has 1 aliphatic carbocycles. The number of rotatable bonds is 5. The van der Waals surface area contributed by atoms with Crippen LogP contribution in [0.2, 0.25) is 0 Å². The van der Waals surface area contributed by atoms with Gasteiger partial charge in [-0.1, -0.05) is 17.4 Å². The number of ether oxygens (including phenoxy) is 2. The number of carbonyl (C=O) groups is 1. The Balaban J connectivity index is 1.44. The number of fused-ring (bicyclic) bond motifs is 1. The van der Waals surface area contributed by atoms with Crippen molar-refractivity contribution in [2.24, 2.45) is 11.8 Å². The molecule has 1 N–H and O–H groups in total. The summed E-state index contributed by atoms with van der Waals surface area (Å²) in [5.41, 5.74) is 0. The number of methoxy groups -OCH3 is 2. The van der Waals surface area contributed by atoms with Gasteiger partial charge >= 0.3 is 5.97 Å². The van der Waals surface area contributed by atoms with E-state index in [9.17, 15) is 4.79 Å². The standard InChI is InChI=1S/C19H24N4O3S/c1-25-15-8-13-11-23(19-21-9-16(27-19)18(24)26-2)10-12(13)7-14(15)22-17-5-3-4-6-20-17/h3-6,9,12-15H,7-8,10-11H2,1-2H3,(H,20,22)/t12-,13+,14-,15-/m1/s1. The summed E-state index contributed by atoms with van der Waals surface area (Å²) >= 11 is 1.40. The van der Waals surface area contributed by atoms with Gasteiger partial charge in [-0.25, -0.2) is 14.8 Å². The van der Waals surface area contributed by atoms with Gasteiger partial charge in [0.15, 0.2) is 5.13 Å². The molecule has 2 aromatic rings. The van der Waals surface area contributed by atoms with Gasteiger partial charge in [-0.2, -0.15) is 0 Å². The van der Waals surface area contributed by atoms with Gasteiger partial charge in [-0.3, -0.25) is 0 Å². The molecule has 0 aromatic carbocycles. The molecule has 2 fully saturated rings. The minimum Gasteiger partial charge on any atom is -0.465 e. The second kappa shape index (κ2) is 7.82. The molecule has 1 saturated heterocycles. The molecule has 0 amide bonds. The third-order valence-electron chi connectivity index (χ3n) is 5.57. The number of hydrogen-bond donors (Lipinski definition) is 1. The Hall–Kier alpha value is -2.19. The average Bonchev–Trinajstić information content (AvgIpc) is 3.34. The maximum Gasteiger partial charge on any atom is 0.349 e. The van der Waals surface area contributed by atoms with E-state index in [0.717, 1.165) is 36.9 Å². The first-order valence-corrected chi connectivity index (χ1v) is 9.99. The van der Waals surface area contributed by atoms with Crippen LogP contribution < -0.4 is 10.2 Å². The fourth-order valence-corrected chi connectivity index (χ4v) is 5.08. The molecule has 0 spiro atoms. The fraction of sp³-hybridized carbons (Fsp3) is 0.526. The quantitative estimate of drug-likeness (QED) is 0.789. The first kappa shape index (κ1) is 18.2. The smallest absolute Gasteiger partial charge is 0.349 e. The molecular formula is C19H24N4O3S. The number of hydrogen-bond acceptors (Lipinski definition) is 8. The number of nitrogens with one attached hydrogen (secondary N) is 1. The topological polar surface area (TPSA) is 76.6 Å². The second-order valence-corrected chi connectivity index (χ2v) is 8.14. The predicted octanol–water partition coefficient (Wildman–Crippen LogP) is 2.67. The van der Waals surface area contributed by atoms with Crippen LogP contribution in [0, 0.1) is 11.8 Å². The summed E-state index contributed by atoms with van der Waals surface area (Å²) in [4.78, 5) is 23.4. The van der Waals surface area contributed by atoms with Gasteiger partial charge in [0.25, 0.3) is 0 Å². The number of thiazole rings is 1. The highest BCUT2D eigenvalue weighted by atomic mass is 32.1. The lowest BCUT2D eigenvalue weighted by Crippen LogP contribution is -2.44. The second-order valence-electron chi connectivity index (χ2n) is 7.14. The van der Waals surface area contributed by atoms with Crippen molar-refractivity contribution in [3.63, 3.8) is 0 Å². The molecule has 7 nitrogen and oxygen atoms in total. The lowest BCUT2D eigenvalue weighted by Gasteiger charge is -2.37. The maximum atomic E-state index is 11.7. The molecule has 4 atom stereocenters. The van der Waals surface area contributed by atoms with Crippen molar-refractivity contribution in [1.29, 1.82) is 0 Å². The van der Waals surface area contributed by atoms with E-state index >= 15 is 0 Å². The van der Waals surface area contributed by atoms with E-state index in [2.05, 4.69) is 20.2 Å². The van der Waals surface area contributed by atoms with Crippen molar-refractivity contribution >= 4 is 28.3 Å². The molecule has 1 aliphatic heterocycles. The van der Waals surface area contributed by atoms with Gasteiger partial charge in [0.1, 0.15) is 10.7 Å². The number of nitrogens with zero attached hydrogens (tertiary/aromatic N) is 3. The first-order chi connectivity index (χ1) is 13.2. The zero-order valence-electron chi connectivity index (χ0n) is 15.5. The summed E-state index contributed by atoms with van der Waals surface area (Å²) in [6.07, 6.45) is 5.62. The third kappa shape index (κ3) is 3.77. The van der Waals surface area contributed by atoms with Crippen LogP contribution in [0.25, 0.3) is 0 Å². The molecule has 144 valence electrons. The summed E-state index contributed by atoms with van der Waals surface area (Å²) in [5.74, 6) is 1.71. The Morgan fingerprint density at radius 2 is 2.04 bits per heavy atom. The Kier molecular flexibility index (Phi) is 5.27. The van der Waals surface area contributed by atoms with E-state index in [1.807, 2.05) is 18.2 Å². The monoisotopic (exact) mass is 388 g/mol. The van der Waals surface area contributed by atoms with Crippen LogP contribution in [0.5, 0.6) is 0 Å². The fourth-order valence-electron chi connectivity index (χ4n) is 4.23. The van der Waals surface area contributed by atoms with Gasteiger partial charge in [0.2, 0.25) is 0 Å². The van der Waals surface area contributed by atoms with E-state index < -0.39 is 0 Å². The lowest BCUT2D eigenvalue weighted by molar-refractivity contribution is 0.0305. The Labute approximate surface area is 162 Å². The van der Waals surface area contributed by atoms with Crippen LogP contribution >= 0.6 is 11.3 Å². The molecule has 1 saturated carbocycles. The van der Waals surface area contributed by atoms with Crippen molar-refractivity contribution < 1.29 is 14.3 Å². The van der Waals surface area contributed by atoms with Crippen LogP contribution in [0.1, 0.15) is 22.5 Å². The van der Waals surface area contributed by atoms with E-state index in [-0.39, 0.29) is 18.1 Å². The summed E-state index contributed by atoms with van der Waals surface area (Å²) in [7, 11) is 3.18. The van der Waals surface area contributed by atoms with Crippen LogP contribution in [-0.4, -0.2) is 55.4 Å². The largest absolute Gasteiger partial charge is 0.465 e. The number of carbonyl (C=O) groups excluding carboxylic acids is 1. The van der Waals surface area contributed by atoms with Crippen LogP contribution in [0.15, 0.2) is 30.6 Å². The van der Waals surface area contributed by atoms with Crippen molar-refractivity contribution in [3.05, 3.63) is 35.5 Å². The first-order valence-electron chi connectivity index (χ1n) is 9.17. The summed E-state index contributed by atoms with van der Waals surface area (Å²) < 4.78 is 10.6. The van der Waals surface area contributed by atoms with Crippen LogP contribution in [0.4, 0.5) is 10.9 Å². The third-order valence-corrected chi connectivity index (χ3v) is 6.61. The Morgan fingerprint density at radius 3 is 2.74 bits per heavy atom.